The molecule has 110 valence electrons. The van der Waals surface area contributed by atoms with E-state index in [1.165, 1.54) is 0 Å². The van der Waals surface area contributed by atoms with E-state index in [1.54, 1.807) is 6.20 Å². The Morgan fingerprint density at radius 2 is 1.77 bits per heavy atom. The second-order valence-electron chi connectivity index (χ2n) is 5.28. The van der Waals surface area contributed by atoms with Gasteiger partial charge >= 0.3 is 0 Å². The molecule has 3 rings (SSSR count). The Kier molecular flexibility index (Phi) is 3.83. The van der Waals surface area contributed by atoms with Crippen LogP contribution >= 0.6 is 0 Å². The lowest BCUT2D eigenvalue weighted by Crippen LogP contribution is -1.97. The molecule has 22 heavy (non-hydrogen) atoms. The maximum atomic E-state index is 4.48. The van der Waals surface area contributed by atoms with Crippen LogP contribution in [0.3, 0.4) is 0 Å². The largest absolute Gasteiger partial charge is 0.354 e. The van der Waals surface area contributed by atoms with Crippen molar-refractivity contribution in [1.29, 1.82) is 0 Å². The minimum Gasteiger partial charge on any atom is -0.354 e. The number of aromatic nitrogens is 3. The van der Waals surface area contributed by atoms with E-state index in [0.717, 1.165) is 39.8 Å². The molecule has 0 aliphatic heterocycles. The van der Waals surface area contributed by atoms with Gasteiger partial charge in [0.25, 0.3) is 0 Å². The molecule has 0 aliphatic rings. The number of benzene rings is 1. The fraction of sp³-hybridized carbons (Fsp3) is 0.167. The summed E-state index contributed by atoms with van der Waals surface area (Å²) in [7, 11) is 0. The first-order valence-corrected chi connectivity index (χ1v) is 7.23. The molecule has 2 heterocycles. The summed E-state index contributed by atoms with van der Waals surface area (Å²) in [6, 6.07) is 14.2. The second kappa shape index (κ2) is 5.93. The van der Waals surface area contributed by atoms with Crippen LogP contribution in [0.5, 0.6) is 0 Å². The maximum Gasteiger partial charge on any atom is 0.125 e. The predicted octanol–water partition coefficient (Wildman–Crippen LogP) is 4.21. The minimum atomic E-state index is 0.773. The van der Waals surface area contributed by atoms with Crippen molar-refractivity contribution in [3.05, 3.63) is 65.9 Å². The summed E-state index contributed by atoms with van der Waals surface area (Å²) in [6.07, 6.45) is 1.78. The van der Waals surface area contributed by atoms with Gasteiger partial charge in [0, 0.05) is 23.1 Å². The van der Waals surface area contributed by atoms with Crippen LogP contribution in [-0.2, 0) is 0 Å². The summed E-state index contributed by atoms with van der Waals surface area (Å²) in [5.74, 6) is 0.773. The Balaban J connectivity index is 1.91. The molecule has 1 aromatic carbocycles. The molecule has 2 aromatic heterocycles. The average Bonchev–Trinajstić information content (AvgIpc) is 2.50. The molecule has 1 N–H and O–H groups in total. The molecular weight excluding hydrogens is 272 g/mol. The lowest BCUT2D eigenvalue weighted by atomic mass is 10.1. The molecule has 3 aromatic rings. The highest BCUT2D eigenvalue weighted by molar-refractivity contribution is 5.69. The second-order valence-corrected chi connectivity index (χ2v) is 5.28. The Bertz CT molecular complexity index is 812. The molecule has 4 nitrogen and oxygen atoms in total. The number of nitrogens with one attached hydrogen (secondary N) is 1. The molecule has 0 aliphatic carbocycles. The number of hydrogen-bond donors (Lipinski definition) is 1. The van der Waals surface area contributed by atoms with Crippen LogP contribution in [0, 0.1) is 20.8 Å². The van der Waals surface area contributed by atoms with Crippen LogP contribution in [0.1, 0.15) is 17.2 Å². The summed E-state index contributed by atoms with van der Waals surface area (Å²) in [6.45, 7) is 5.90. The van der Waals surface area contributed by atoms with Crippen molar-refractivity contribution in [2.24, 2.45) is 0 Å². The van der Waals surface area contributed by atoms with E-state index in [0.29, 0.717) is 0 Å². The molecule has 0 bridgehead atoms. The number of pyridine rings is 1. The third-order valence-corrected chi connectivity index (χ3v) is 3.44. The summed E-state index contributed by atoms with van der Waals surface area (Å²) < 4.78 is 0. The standard InChI is InChI=1S/C18H18N4/c1-12-7-8-17(13(2)20-12)22-16-6-4-5-15(11-16)18-9-10-19-14(3)21-18/h4-11,22H,1-3H3. The molecule has 0 atom stereocenters. The average molecular weight is 290 g/mol. The highest BCUT2D eigenvalue weighted by Gasteiger charge is 2.04. The van der Waals surface area contributed by atoms with E-state index < -0.39 is 0 Å². The number of rotatable bonds is 3. The van der Waals surface area contributed by atoms with E-state index in [9.17, 15) is 0 Å². The first kappa shape index (κ1) is 14.2. The number of hydrogen-bond acceptors (Lipinski definition) is 4. The highest BCUT2D eigenvalue weighted by Crippen LogP contribution is 2.24. The first-order chi connectivity index (χ1) is 10.6. The van der Waals surface area contributed by atoms with Crippen LogP contribution in [0.25, 0.3) is 11.3 Å². The van der Waals surface area contributed by atoms with E-state index in [4.69, 9.17) is 0 Å². The van der Waals surface area contributed by atoms with Crippen molar-refractivity contribution in [1.82, 2.24) is 15.0 Å². The van der Waals surface area contributed by atoms with Crippen LogP contribution in [0.4, 0.5) is 11.4 Å². The van der Waals surface area contributed by atoms with Crippen molar-refractivity contribution in [3.8, 4) is 11.3 Å². The van der Waals surface area contributed by atoms with Crippen molar-refractivity contribution in [3.63, 3.8) is 0 Å². The molecular formula is C18H18N4. The smallest absolute Gasteiger partial charge is 0.125 e. The maximum absolute atomic E-state index is 4.48. The topological polar surface area (TPSA) is 50.7 Å². The number of aryl methyl sites for hydroxylation is 3. The Labute approximate surface area is 130 Å². The summed E-state index contributed by atoms with van der Waals surface area (Å²) in [4.78, 5) is 13.1. The van der Waals surface area contributed by atoms with E-state index in [-0.39, 0.29) is 0 Å². The first-order valence-electron chi connectivity index (χ1n) is 7.23. The van der Waals surface area contributed by atoms with Crippen molar-refractivity contribution in [2.45, 2.75) is 20.8 Å². The molecule has 4 heteroatoms. The minimum absolute atomic E-state index is 0.773. The zero-order valence-electron chi connectivity index (χ0n) is 13.0. The van der Waals surface area contributed by atoms with Gasteiger partial charge in [0.1, 0.15) is 5.82 Å². The lowest BCUT2D eigenvalue weighted by molar-refractivity contribution is 1.06. The highest BCUT2D eigenvalue weighted by atomic mass is 14.9. The monoisotopic (exact) mass is 290 g/mol. The van der Waals surface area contributed by atoms with Crippen molar-refractivity contribution < 1.29 is 0 Å². The molecule has 0 unspecified atom stereocenters. The Hall–Kier alpha value is -2.75. The Morgan fingerprint density at radius 1 is 0.909 bits per heavy atom. The zero-order valence-corrected chi connectivity index (χ0v) is 13.0. The van der Waals surface area contributed by atoms with Crippen molar-refractivity contribution >= 4 is 11.4 Å². The van der Waals surface area contributed by atoms with Gasteiger partial charge in [-0.3, -0.25) is 4.98 Å². The lowest BCUT2D eigenvalue weighted by Gasteiger charge is -2.11. The van der Waals surface area contributed by atoms with Gasteiger partial charge in [0.15, 0.2) is 0 Å². The Morgan fingerprint density at radius 3 is 2.55 bits per heavy atom. The number of anilines is 2. The third kappa shape index (κ3) is 3.11. The summed E-state index contributed by atoms with van der Waals surface area (Å²) in [5.41, 5.74) is 6.03. The van der Waals surface area contributed by atoms with Gasteiger partial charge in [0.2, 0.25) is 0 Å². The summed E-state index contributed by atoms with van der Waals surface area (Å²) >= 11 is 0. The van der Waals surface area contributed by atoms with Gasteiger partial charge < -0.3 is 5.32 Å². The van der Waals surface area contributed by atoms with Gasteiger partial charge in [-0.15, -0.1) is 0 Å². The van der Waals surface area contributed by atoms with Crippen LogP contribution < -0.4 is 5.32 Å². The molecule has 0 fully saturated rings. The van der Waals surface area contributed by atoms with E-state index in [1.807, 2.05) is 51.1 Å². The zero-order chi connectivity index (χ0) is 15.5. The summed E-state index contributed by atoms with van der Waals surface area (Å²) in [5, 5.41) is 3.42. The van der Waals surface area contributed by atoms with E-state index in [2.05, 4.69) is 32.4 Å². The van der Waals surface area contributed by atoms with Crippen LogP contribution in [-0.4, -0.2) is 15.0 Å². The molecule has 0 saturated heterocycles. The fourth-order valence-corrected chi connectivity index (χ4v) is 2.35. The molecule has 0 amide bonds. The predicted molar refractivity (Wildman–Crippen MR) is 89.2 cm³/mol. The van der Waals surface area contributed by atoms with E-state index >= 15 is 0 Å². The normalized spacial score (nSPS) is 10.5. The van der Waals surface area contributed by atoms with Gasteiger partial charge in [-0.25, -0.2) is 9.97 Å². The molecule has 0 radical (unpaired) electrons. The van der Waals surface area contributed by atoms with Crippen molar-refractivity contribution in [2.75, 3.05) is 5.32 Å². The third-order valence-electron chi connectivity index (χ3n) is 3.44. The molecule has 0 saturated carbocycles. The van der Waals surface area contributed by atoms with Gasteiger partial charge in [-0.1, -0.05) is 12.1 Å². The quantitative estimate of drug-likeness (QED) is 0.785. The SMILES string of the molecule is Cc1ccc(Nc2cccc(-c3ccnc(C)n3)c2)c(C)n1. The molecule has 0 spiro atoms. The van der Waals surface area contributed by atoms with Crippen LogP contribution in [0.15, 0.2) is 48.7 Å². The van der Waals surface area contributed by atoms with Crippen LogP contribution in [0.2, 0.25) is 0 Å². The fourth-order valence-electron chi connectivity index (χ4n) is 2.35. The van der Waals surface area contributed by atoms with Gasteiger partial charge in [0.05, 0.1) is 17.1 Å². The van der Waals surface area contributed by atoms with Gasteiger partial charge in [-0.2, -0.15) is 0 Å². The van der Waals surface area contributed by atoms with Gasteiger partial charge in [-0.05, 0) is 51.1 Å². The number of nitrogens with zero attached hydrogens (tertiary/aromatic N) is 3.